The molecule has 1 aliphatic heterocycles. The third kappa shape index (κ3) is 4.86. The van der Waals surface area contributed by atoms with Crippen LogP contribution in [0.1, 0.15) is 11.1 Å². The number of rotatable bonds is 5. The maximum atomic E-state index is 12.2. The van der Waals surface area contributed by atoms with Crippen LogP contribution in [0.5, 0.6) is 5.75 Å². The first-order valence-corrected chi connectivity index (χ1v) is 9.59. The minimum atomic E-state index is -1.09. The molecule has 2 aromatic rings. The molecule has 0 aromatic heterocycles. The molecule has 1 aliphatic rings. The molecular weight excluding hydrogens is 423 g/mol. The molecule has 3 rings (SSSR count). The first kappa shape index (κ1) is 20.3. The summed E-state index contributed by atoms with van der Waals surface area (Å²) >= 11 is 13.4. The van der Waals surface area contributed by atoms with E-state index in [9.17, 15) is 9.59 Å². The van der Waals surface area contributed by atoms with Crippen LogP contribution < -0.4 is 10.1 Å². The number of halogens is 2. The maximum absolute atomic E-state index is 12.2. The Kier molecular flexibility index (Phi) is 6.28. The number of hydrogen-bond donors (Lipinski definition) is 2. The van der Waals surface area contributed by atoms with Gasteiger partial charge in [-0.3, -0.25) is 4.79 Å². The van der Waals surface area contributed by atoms with Gasteiger partial charge in [-0.05, 0) is 60.2 Å². The number of aliphatic imine (C=N–C) groups is 1. The Balaban J connectivity index is 1.79. The van der Waals surface area contributed by atoms with Gasteiger partial charge in [-0.2, -0.15) is 0 Å². The van der Waals surface area contributed by atoms with Crippen LogP contribution in [0.25, 0.3) is 6.08 Å². The molecule has 0 saturated carbocycles. The highest BCUT2D eigenvalue weighted by atomic mass is 35.5. The van der Waals surface area contributed by atoms with Gasteiger partial charge in [0.05, 0.1) is 15.6 Å². The molecule has 1 heterocycles. The smallest absolute Gasteiger partial charge is 0.341 e. The van der Waals surface area contributed by atoms with Gasteiger partial charge in [-0.25, -0.2) is 9.79 Å². The van der Waals surface area contributed by atoms with Gasteiger partial charge in [0.1, 0.15) is 5.75 Å². The van der Waals surface area contributed by atoms with Crippen molar-refractivity contribution in [1.29, 1.82) is 0 Å². The number of carboxylic acids is 1. The van der Waals surface area contributed by atoms with E-state index in [1.54, 1.807) is 36.4 Å². The zero-order valence-corrected chi connectivity index (χ0v) is 16.9. The van der Waals surface area contributed by atoms with Gasteiger partial charge in [0.15, 0.2) is 11.8 Å². The van der Waals surface area contributed by atoms with Crippen LogP contribution in [-0.2, 0) is 9.59 Å². The maximum Gasteiger partial charge on any atom is 0.341 e. The summed E-state index contributed by atoms with van der Waals surface area (Å²) in [5.41, 5.74) is 2.18. The van der Waals surface area contributed by atoms with Crippen LogP contribution in [0, 0.1) is 6.92 Å². The first-order chi connectivity index (χ1) is 13.3. The highest BCUT2D eigenvalue weighted by molar-refractivity contribution is 8.18. The molecule has 144 valence electrons. The molecule has 0 aliphatic carbocycles. The van der Waals surface area contributed by atoms with Crippen LogP contribution in [0.3, 0.4) is 0 Å². The van der Waals surface area contributed by atoms with Crippen molar-refractivity contribution < 1.29 is 19.4 Å². The van der Waals surface area contributed by atoms with E-state index in [-0.39, 0.29) is 16.7 Å². The van der Waals surface area contributed by atoms with Gasteiger partial charge in [-0.15, -0.1) is 0 Å². The van der Waals surface area contributed by atoms with Crippen molar-refractivity contribution in [3.63, 3.8) is 0 Å². The van der Waals surface area contributed by atoms with Crippen LogP contribution >= 0.6 is 35.0 Å². The molecule has 2 N–H and O–H groups in total. The van der Waals surface area contributed by atoms with Gasteiger partial charge in [0.25, 0.3) is 5.91 Å². The van der Waals surface area contributed by atoms with Crippen molar-refractivity contribution >= 4 is 63.8 Å². The highest BCUT2D eigenvalue weighted by Crippen LogP contribution is 2.32. The number of carbonyl (C=O) groups is 2. The average Bonchev–Trinajstić information content (AvgIpc) is 2.97. The van der Waals surface area contributed by atoms with Crippen molar-refractivity contribution in [1.82, 2.24) is 5.32 Å². The van der Waals surface area contributed by atoms with E-state index >= 15 is 0 Å². The molecule has 28 heavy (non-hydrogen) atoms. The van der Waals surface area contributed by atoms with Crippen molar-refractivity contribution in [2.45, 2.75) is 6.92 Å². The zero-order chi connectivity index (χ0) is 20.3. The minimum absolute atomic E-state index is 0.252. The molecule has 0 unspecified atom stereocenters. The summed E-state index contributed by atoms with van der Waals surface area (Å²) in [5.74, 6) is -1.11. The molecule has 0 radical (unpaired) electrons. The summed E-state index contributed by atoms with van der Waals surface area (Å²) in [5, 5.41) is 12.7. The topological polar surface area (TPSA) is 88.0 Å². The Labute approximate surface area is 175 Å². The highest BCUT2D eigenvalue weighted by Gasteiger charge is 2.24. The second-order valence-electron chi connectivity index (χ2n) is 5.74. The molecule has 1 saturated heterocycles. The predicted octanol–water partition coefficient (Wildman–Crippen LogP) is 4.66. The standard InChI is InChI=1S/C19H14Cl2N2O4S/c1-10-12(20)3-2-4-14(10)22-19-23-18(26)16(28-19)8-11-5-6-15(13(21)7-11)27-9-17(24)25/h2-8H,9H2,1H3,(H,24,25)(H,22,23,26)/b16-8-. The number of nitrogens with zero attached hydrogens (tertiary/aromatic N) is 1. The summed E-state index contributed by atoms with van der Waals surface area (Å²) in [6.45, 7) is 1.37. The second-order valence-corrected chi connectivity index (χ2v) is 7.58. The molecule has 0 atom stereocenters. The number of aliphatic carboxylic acids is 1. The Bertz CT molecular complexity index is 1020. The third-order valence-corrected chi connectivity index (χ3v) is 5.33. The van der Waals surface area contributed by atoms with E-state index in [1.807, 2.05) is 13.0 Å². The number of thioether (sulfide) groups is 1. The van der Waals surface area contributed by atoms with Crippen LogP contribution in [0.2, 0.25) is 10.0 Å². The van der Waals surface area contributed by atoms with E-state index in [1.165, 1.54) is 11.8 Å². The molecule has 6 nitrogen and oxygen atoms in total. The van der Waals surface area contributed by atoms with Crippen LogP contribution in [-0.4, -0.2) is 28.8 Å². The van der Waals surface area contributed by atoms with Gasteiger partial charge < -0.3 is 15.2 Å². The lowest BCUT2D eigenvalue weighted by Crippen LogP contribution is -2.19. The molecule has 1 amide bonds. The quantitative estimate of drug-likeness (QED) is 0.665. The fraction of sp³-hybridized carbons (Fsp3) is 0.105. The monoisotopic (exact) mass is 436 g/mol. The van der Waals surface area contributed by atoms with E-state index in [2.05, 4.69) is 10.3 Å². The normalized spacial score (nSPS) is 16.5. The number of amides is 1. The SMILES string of the molecule is Cc1c(Cl)cccc1N=C1NC(=O)/C(=C/c2ccc(OCC(=O)O)c(Cl)c2)S1. The van der Waals surface area contributed by atoms with Crippen molar-refractivity contribution in [3.8, 4) is 5.75 Å². The Morgan fingerprint density at radius 1 is 1.29 bits per heavy atom. The van der Waals surface area contributed by atoms with Crippen molar-refractivity contribution in [2.75, 3.05) is 6.61 Å². The molecule has 0 spiro atoms. The lowest BCUT2D eigenvalue weighted by atomic mass is 10.2. The van der Waals surface area contributed by atoms with Gasteiger partial charge in [0.2, 0.25) is 0 Å². The average molecular weight is 437 g/mol. The number of carbonyl (C=O) groups excluding carboxylic acids is 1. The number of amidine groups is 1. The molecule has 0 bridgehead atoms. The molecule has 9 heteroatoms. The zero-order valence-electron chi connectivity index (χ0n) is 14.5. The second kappa shape index (κ2) is 8.68. The van der Waals surface area contributed by atoms with Gasteiger partial charge >= 0.3 is 5.97 Å². The number of carboxylic acid groups (broad SMARTS) is 1. The van der Waals surface area contributed by atoms with Crippen molar-refractivity contribution in [3.05, 3.63) is 62.5 Å². The van der Waals surface area contributed by atoms with Crippen molar-refractivity contribution in [2.24, 2.45) is 4.99 Å². The summed E-state index contributed by atoms with van der Waals surface area (Å²) in [4.78, 5) is 27.7. The third-order valence-electron chi connectivity index (χ3n) is 3.72. The lowest BCUT2D eigenvalue weighted by Gasteiger charge is -2.06. The minimum Gasteiger partial charge on any atom is -0.480 e. The summed E-state index contributed by atoms with van der Waals surface area (Å²) in [6.07, 6.45) is 1.67. The number of ether oxygens (including phenoxy) is 1. The van der Waals surface area contributed by atoms with E-state index < -0.39 is 12.6 Å². The lowest BCUT2D eigenvalue weighted by molar-refractivity contribution is -0.139. The predicted molar refractivity (Wildman–Crippen MR) is 112 cm³/mol. The Morgan fingerprint density at radius 2 is 2.07 bits per heavy atom. The number of nitrogens with one attached hydrogen (secondary N) is 1. The summed E-state index contributed by atoms with van der Waals surface area (Å²) in [7, 11) is 0. The number of hydrogen-bond acceptors (Lipinski definition) is 5. The Morgan fingerprint density at radius 3 is 2.79 bits per heavy atom. The molecular formula is C19H14Cl2N2O4S. The van der Waals surface area contributed by atoms with Crippen LogP contribution in [0.4, 0.5) is 5.69 Å². The van der Waals surface area contributed by atoms with E-state index in [4.69, 9.17) is 33.0 Å². The van der Waals surface area contributed by atoms with E-state index in [0.717, 1.165) is 5.56 Å². The van der Waals surface area contributed by atoms with E-state index in [0.29, 0.717) is 26.3 Å². The van der Waals surface area contributed by atoms with Gasteiger partial charge in [0, 0.05) is 5.02 Å². The largest absolute Gasteiger partial charge is 0.480 e. The fourth-order valence-corrected chi connectivity index (χ4v) is 3.57. The number of benzene rings is 2. The summed E-state index contributed by atoms with van der Waals surface area (Å²) < 4.78 is 5.08. The fourth-order valence-electron chi connectivity index (χ4n) is 2.32. The molecule has 2 aromatic carbocycles. The van der Waals surface area contributed by atoms with Crippen LogP contribution in [0.15, 0.2) is 46.3 Å². The Hall–Kier alpha value is -2.48. The molecule has 1 fully saturated rings. The first-order valence-electron chi connectivity index (χ1n) is 8.02. The van der Waals surface area contributed by atoms with Gasteiger partial charge in [-0.1, -0.05) is 35.3 Å². The summed E-state index contributed by atoms with van der Waals surface area (Å²) in [6, 6.07) is 10.2.